The van der Waals surface area contributed by atoms with Crippen molar-refractivity contribution in [2.45, 2.75) is 44.9 Å². The minimum absolute atomic E-state index is 0.125. The maximum absolute atomic E-state index is 12.7. The predicted molar refractivity (Wildman–Crippen MR) is 132 cm³/mol. The summed E-state index contributed by atoms with van der Waals surface area (Å²) in [5, 5.41) is 15.0. The molecule has 1 aromatic heterocycles. The monoisotopic (exact) mass is 463 g/mol. The number of nitrogens with zero attached hydrogens (tertiary/aromatic N) is 3. The van der Waals surface area contributed by atoms with Crippen LogP contribution in [0.2, 0.25) is 0 Å². The Labute approximate surface area is 198 Å². The van der Waals surface area contributed by atoms with Gasteiger partial charge in [-0.25, -0.2) is 0 Å². The van der Waals surface area contributed by atoms with Crippen molar-refractivity contribution in [2.24, 2.45) is 0 Å². The number of hydrogen-bond donors (Lipinski definition) is 2. The minimum Gasteiger partial charge on any atom is -0.342 e. The lowest BCUT2D eigenvalue weighted by molar-refractivity contribution is -0.113. The minimum atomic E-state index is -0.371. The molecule has 33 heavy (non-hydrogen) atoms. The Morgan fingerprint density at radius 1 is 1.15 bits per heavy atom. The van der Waals surface area contributed by atoms with Crippen LogP contribution in [-0.2, 0) is 17.8 Å². The SMILES string of the molecule is C=CCn1c(SCC(=O)Nc2ccc(CC)cc2)nnc1[C@@H](C)NC(=O)c1ccccc1C. The highest BCUT2D eigenvalue weighted by molar-refractivity contribution is 7.99. The quantitative estimate of drug-likeness (QED) is 0.340. The van der Waals surface area contributed by atoms with Crippen LogP contribution in [0, 0.1) is 6.92 Å². The summed E-state index contributed by atoms with van der Waals surface area (Å²) in [5.41, 5.74) is 3.51. The van der Waals surface area contributed by atoms with Gasteiger partial charge in [0, 0.05) is 17.8 Å². The molecule has 172 valence electrons. The van der Waals surface area contributed by atoms with Crippen molar-refractivity contribution < 1.29 is 9.59 Å². The van der Waals surface area contributed by atoms with E-state index >= 15 is 0 Å². The molecular weight excluding hydrogens is 434 g/mol. The van der Waals surface area contributed by atoms with Gasteiger partial charge >= 0.3 is 0 Å². The Bertz CT molecular complexity index is 1120. The summed E-state index contributed by atoms with van der Waals surface area (Å²) in [7, 11) is 0. The molecule has 0 spiro atoms. The number of amides is 2. The lowest BCUT2D eigenvalue weighted by Gasteiger charge is -2.16. The molecule has 0 aliphatic rings. The molecule has 8 heteroatoms. The molecule has 0 aliphatic heterocycles. The predicted octanol–water partition coefficient (Wildman–Crippen LogP) is 4.56. The molecule has 0 bridgehead atoms. The Kier molecular flexibility index (Phi) is 8.43. The number of nitrogens with one attached hydrogen (secondary N) is 2. The smallest absolute Gasteiger partial charge is 0.252 e. The van der Waals surface area contributed by atoms with Gasteiger partial charge in [0.15, 0.2) is 11.0 Å². The number of aryl methyl sites for hydroxylation is 2. The molecule has 0 unspecified atom stereocenters. The van der Waals surface area contributed by atoms with Crippen LogP contribution in [0.25, 0.3) is 0 Å². The molecule has 1 atom stereocenters. The number of benzene rings is 2. The molecule has 0 fully saturated rings. The van der Waals surface area contributed by atoms with E-state index in [4.69, 9.17) is 0 Å². The first-order valence-corrected chi connectivity index (χ1v) is 11.8. The normalized spacial score (nSPS) is 11.6. The molecule has 2 amide bonds. The van der Waals surface area contributed by atoms with Gasteiger partial charge in [-0.2, -0.15) is 0 Å². The standard InChI is InChI=1S/C25H29N5O2S/c1-5-15-30-23(18(4)26-24(32)21-10-8-7-9-17(21)3)28-29-25(30)33-16-22(31)27-20-13-11-19(6-2)12-14-20/h5,7-14,18H,1,6,15-16H2,2-4H3,(H,26,32)(H,27,31)/t18-/m1/s1. The summed E-state index contributed by atoms with van der Waals surface area (Å²) in [6.45, 7) is 10.1. The van der Waals surface area contributed by atoms with Crippen LogP contribution in [0.1, 0.15) is 47.2 Å². The average Bonchev–Trinajstić information content (AvgIpc) is 3.21. The third kappa shape index (κ3) is 6.32. The van der Waals surface area contributed by atoms with E-state index in [9.17, 15) is 9.59 Å². The van der Waals surface area contributed by atoms with Crippen molar-refractivity contribution in [1.82, 2.24) is 20.1 Å². The Morgan fingerprint density at radius 2 is 1.88 bits per heavy atom. The second kappa shape index (κ2) is 11.5. The molecule has 0 saturated heterocycles. The summed E-state index contributed by atoms with van der Waals surface area (Å²) in [5.74, 6) is 0.501. The zero-order valence-electron chi connectivity index (χ0n) is 19.2. The number of allylic oxidation sites excluding steroid dienone is 1. The molecule has 0 aliphatic carbocycles. The summed E-state index contributed by atoms with van der Waals surface area (Å²) in [4.78, 5) is 25.1. The summed E-state index contributed by atoms with van der Waals surface area (Å²) in [6, 6.07) is 14.9. The summed E-state index contributed by atoms with van der Waals surface area (Å²) >= 11 is 1.29. The Hall–Kier alpha value is -3.39. The maximum Gasteiger partial charge on any atom is 0.252 e. The highest BCUT2D eigenvalue weighted by Crippen LogP contribution is 2.22. The van der Waals surface area contributed by atoms with Crippen LogP contribution < -0.4 is 10.6 Å². The van der Waals surface area contributed by atoms with Crippen LogP contribution in [0.15, 0.2) is 66.3 Å². The van der Waals surface area contributed by atoms with Crippen molar-refractivity contribution in [2.75, 3.05) is 11.1 Å². The van der Waals surface area contributed by atoms with E-state index < -0.39 is 0 Å². The van der Waals surface area contributed by atoms with Crippen molar-refractivity contribution >= 4 is 29.3 Å². The van der Waals surface area contributed by atoms with Gasteiger partial charge in [-0.1, -0.05) is 55.1 Å². The van der Waals surface area contributed by atoms with Crippen LogP contribution in [0.4, 0.5) is 5.69 Å². The Balaban J connectivity index is 1.65. The van der Waals surface area contributed by atoms with Crippen LogP contribution in [0.5, 0.6) is 0 Å². The number of rotatable bonds is 10. The number of carbonyl (C=O) groups excluding carboxylic acids is 2. The molecule has 2 N–H and O–H groups in total. The van der Waals surface area contributed by atoms with Gasteiger partial charge in [-0.3, -0.25) is 9.59 Å². The fourth-order valence-corrected chi connectivity index (χ4v) is 4.10. The van der Waals surface area contributed by atoms with E-state index in [1.807, 2.05) is 60.9 Å². The van der Waals surface area contributed by atoms with Gasteiger partial charge in [0.2, 0.25) is 5.91 Å². The van der Waals surface area contributed by atoms with Crippen molar-refractivity contribution in [3.63, 3.8) is 0 Å². The second-order valence-corrected chi connectivity index (χ2v) is 8.58. The zero-order chi connectivity index (χ0) is 23.8. The van der Waals surface area contributed by atoms with E-state index in [0.717, 1.165) is 17.7 Å². The van der Waals surface area contributed by atoms with Crippen LogP contribution in [0.3, 0.4) is 0 Å². The number of carbonyl (C=O) groups is 2. The largest absolute Gasteiger partial charge is 0.342 e. The fourth-order valence-electron chi connectivity index (χ4n) is 3.35. The van der Waals surface area contributed by atoms with Crippen molar-refractivity contribution in [3.05, 3.63) is 83.7 Å². The molecule has 1 heterocycles. The summed E-state index contributed by atoms with van der Waals surface area (Å²) in [6.07, 6.45) is 2.69. The number of anilines is 1. The second-order valence-electron chi connectivity index (χ2n) is 7.64. The van der Waals surface area contributed by atoms with E-state index in [1.165, 1.54) is 17.3 Å². The number of aromatic nitrogens is 3. The zero-order valence-corrected chi connectivity index (χ0v) is 20.0. The van der Waals surface area contributed by atoms with Crippen molar-refractivity contribution in [3.8, 4) is 0 Å². The van der Waals surface area contributed by atoms with E-state index in [1.54, 1.807) is 12.1 Å². The molecule has 7 nitrogen and oxygen atoms in total. The topological polar surface area (TPSA) is 88.9 Å². The lowest BCUT2D eigenvalue weighted by atomic mass is 10.1. The molecule has 0 saturated carbocycles. The van der Waals surface area contributed by atoms with E-state index in [-0.39, 0.29) is 23.6 Å². The number of thioether (sulfide) groups is 1. The van der Waals surface area contributed by atoms with Gasteiger partial charge in [-0.05, 0) is 49.6 Å². The third-order valence-electron chi connectivity index (χ3n) is 5.16. The van der Waals surface area contributed by atoms with Gasteiger partial charge in [0.05, 0.1) is 11.8 Å². The van der Waals surface area contributed by atoms with Crippen molar-refractivity contribution in [1.29, 1.82) is 0 Å². The molecule has 3 aromatic rings. The molecule has 3 rings (SSSR count). The van der Waals surface area contributed by atoms with Gasteiger partial charge in [-0.15, -0.1) is 16.8 Å². The van der Waals surface area contributed by atoms with Crippen LogP contribution >= 0.6 is 11.8 Å². The fraction of sp³-hybridized carbons (Fsp3) is 0.280. The maximum atomic E-state index is 12.7. The van der Waals surface area contributed by atoms with Gasteiger partial charge < -0.3 is 15.2 Å². The molecular formula is C25H29N5O2S. The highest BCUT2D eigenvalue weighted by atomic mass is 32.2. The molecule has 2 aromatic carbocycles. The summed E-state index contributed by atoms with van der Waals surface area (Å²) < 4.78 is 1.86. The number of hydrogen-bond acceptors (Lipinski definition) is 5. The lowest BCUT2D eigenvalue weighted by Crippen LogP contribution is -2.29. The van der Waals surface area contributed by atoms with E-state index in [0.29, 0.717) is 23.1 Å². The average molecular weight is 464 g/mol. The first-order valence-electron chi connectivity index (χ1n) is 10.8. The molecule has 0 radical (unpaired) electrons. The first kappa shape index (κ1) is 24.3. The van der Waals surface area contributed by atoms with E-state index in [2.05, 4.69) is 34.3 Å². The van der Waals surface area contributed by atoms with Gasteiger partial charge in [0.25, 0.3) is 5.91 Å². The van der Waals surface area contributed by atoms with Crippen LogP contribution in [-0.4, -0.2) is 32.3 Å². The highest BCUT2D eigenvalue weighted by Gasteiger charge is 2.21. The Morgan fingerprint density at radius 3 is 2.55 bits per heavy atom. The van der Waals surface area contributed by atoms with Gasteiger partial charge in [0.1, 0.15) is 0 Å². The third-order valence-corrected chi connectivity index (χ3v) is 6.13. The first-order chi connectivity index (χ1) is 15.9.